The van der Waals surface area contributed by atoms with E-state index in [1.165, 1.54) is 0 Å². The largest absolute Gasteiger partial charge is 0.462 e. The lowest BCUT2D eigenvalue weighted by Crippen LogP contribution is -2.26. The first-order valence-electron chi connectivity index (χ1n) is 9.97. The Kier molecular flexibility index (Phi) is 7.00. The molecule has 1 amide bonds. The van der Waals surface area contributed by atoms with E-state index >= 15 is 0 Å². The maximum Gasteiger partial charge on any atom is 0.326 e. The Morgan fingerprint density at radius 1 is 1.07 bits per heavy atom. The van der Waals surface area contributed by atoms with Gasteiger partial charge in [-0.2, -0.15) is 0 Å². The molecular weight excluding hydrogens is 366 g/mol. The topological polar surface area (TPSA) is 73.2 Å². The molecule has 29 heavy (non-hydrogen) atoms. The molecule has 0 atom stereocenters. The first-order chi connectivity index (χ1) is 14.0. The number of aryl methyl sites for hydroxylation is 1. The van der Waals surface area contributed by atoms with Crippen LogP contribution in [0.25, 0.3) is 11.0 Å². The number of rotatable bonds is 9. The van der Waals surface area contributed by atoms with Crippen molar-refractivity contribution in [1.82, 2.24) is 14.9 Å². The number of para-hydroxylation sites is 2. The van der Waals surface area contributed by atoms with E-state index in [2.05, 4.69) is 10.3 Å². The van der Waals surface area contributed by atoms with Gasteiger partial charge in [0.2, 0.25) is 5.91 Å². The van der Waals surface area contributed by atoms with E-state index in [1.807, 2.05) is 73.0 Å². The molecule has 0 bridgehead atoms. The summed E-state index contributed by atoms with van der Waals surface area (Å²) >= 11 is 0. The molecule has 0 saturated carbocycles. The summed E-state index contributed by atoms with van der Waals surface area (Å²) in [5.41, 5.74) is 2.76. The van der Waals surface area contributed by atoms with Gasteiger partial charge in [0, 0.05) is 13.0 Å². The maximum atomic E-state index is 12.2. The highest BCUT2D eigenvalue weighted by atomic mass is 16.5. The molecule has 1 aromatic heterocycles. The predicted molar refractivity (Wildman–Crippen MR) is 112 cm³/mol. The molecule has 0 radical (unpaired) electrons. The van der Waals surface area contributed by atoms with Gasteiger partial charge in [0.1, 0.15) is 12.4 Å². The number of nitrogens with one attached hydrogen (secondary N) is 1. The van der Waals surface area contributed by atoms with Gasteiger partial charge in [-0.1, -0.05) is 42.5 Å². The molecule has 0 aliphatic heterocycles. The van der Waals surface area contributed by atoms with Gasteiger partial charge in [-0.3, -0.25) is 9.59 Å². The summed E-state index contributed by atoms with van der Waals surface area (Å²) in [6.45, 7) is 4.37. The van der Waals surface area contributed by atoms with Crippen molar-refractivity contribution in [3.63, 3.8) is 0 Å². The molecule has 3 aromatic rings. The van der Waals surface area contributed by atoms with E-state index in [0.717, 1.165) is 28.8 Å². The lowest BCUT2D eigenvalue weighted by molar-refractivity contribution is -0.148. The fourth-order valence-electron chi connectivity index (χ4n) is 3.24. The SMILES string of the molecule is CC(C)OC(=O)Cn1c(CCCNC(=O)Cc2ccccc2)nc2ccccc21. The van der Waals surface area contributed by atoms with E-state index in [4.69, 9.17) is 4.74 Å². The fourth-order valence-corrected chi connectivity index (χ4v) is 3.24. The van der Waals surface area contributed by atoms with Crippen molar-refractivity contribution >= 4 is 22.9 Å². The molecule has 152 valence electrons. The number of nitrogens with zero attached hydrogens (tertiary/aromatic N) is 2. The maximum absolute atomic E-state index is 12.2. The van der Waals surface area contributed by atoms with E-state index in [1.54, 1.807) is 0 Å². The van der Waals surface area contributed by atoms with Crippen LogP contribution in [0, 0.1) is 0 Å². The zero-order valence-electron chi connectivity index (χ0n) is 16.9. The minimum absolute atomic E-state index is 0.00483. The number of benzene rings is 2. The van der Waals surface area contributed by atoms with Gasteiger partial charge in [-0.15, -0.1) is 0 Å². The summed E-state index contributed by atoms with van der Waals surface area (Å²) in [6.07, 6.45) is 1.62. The van der Waals surface area contributed by atoms with Crippen molar-refractivity contribution < 1.29 is 14.3 Å². The third-order valence-corrected chi connectivity index (χ3v) is 4.49. The first-order valence-corrected chi connectivity index (χ1v) is 9.97. The van der Waals surface area contributed by atoms with Crippen molar-refractivity contribution in [2.24, 2.45) is 0 Å². The summed E-state index contributed by atoms with van der Waals surface area (Å²) < 4.78 is 7.21. The number of amides is 1. The van der Waals surface area contributed by atoms with Crippen LogP contribution in [0.1, 0.15) is 31.7 Å². The second kappa shape index (κ2) is 9.87. The Labute approximate surface area is 170 Å². The molecule has 6 heteroatoms. The number of fused-ring (bicyclic) bond motifs is 1. The molecule has 1 N–H and O–H groups in total. The molecule has 0 saturated heterocycles. The van der Waals surface area contributed by atoms with Crippen LogP contribution in [0.2, 0.25) is 0 Å². The summed E-state index contributed by atoms with van der Waals surface area (Å²) in [7, 11) is 0. The van der Waals surface area contributed by atoms with Crippen LogP contribution in [-0.4, -0.2) is 34.1 Å². The van der Waals surface area contributed by atoms with Crippen LogP contribution in [0.5, 0.6) is 0 Å². The molecule has 3 rings (SSSR count). The summed E-state index contributed by atoms with van der Waals surface area (Å²) in [5.74, 6) is 0.551. The van der Waals surface area contributed by atoms with Gasteiger partial charge in [-0.05, 0) is 38.0 Å². The molecule has 6 nitrogen and oxygen atoms in total. The zero-order chi connectivity index (χ0) is 20.6. The van der Waals surface area contributed by atoms with Crippen molar-refractivity contribution in [2.75, 3.05) is 6.54 Å². The standard InChI is InChI=1S/C23H27N3O3/c1-17(2)29-23(28)16-26-20-12-7-6-11-19(20)25-21(26)13-8-14-24-22(27)15-18-9-4-3-5-10-18/h3-7,9-12,17H,8,13-16H2,1-2H3,(H,24,27). The van der Waals surface area contributed by atoms with Crippen LogP contribution in [-0.2, 0) is 33.7 Å². The quantitative estimate of drug-likeness (QED) is 0.447. The van der Waals surface area contributed by atoms with Gasteiger partial charge in [-0.25, -0.2) is 4.98 Å². The number of ether oxygens (including phenoxy) is 1. The third-order valence-electron chi connectivity index (χ3n) is 4.49. The third kappa shape index (κ3) is 5.91. The number of carbonyl (C=O) groups is 2. The highest BCUT2D eigenvalue weighted by Gasteiger charge is 2.15. The molecule has 0 aliphatic rings. The van der Waals surface area contributed by atoms with E-state index in [-0.39, 0.29) is 24.5 Å². The highest BCUT2D eigenvalue weighted by Crippen LogP contribution is 2.17. The Bertz CT molecular complexity index is 964. The van der Waals surface area contributed by atoms with Crippen molar-refractivity contribution in [1.29, 1.82) is 0 Å². The Balaban J connectivity index is 1.58. The average molecular weight is 393 g/mol. The predicted octanol–water partition coefficient (Wildman–Crippen LogP) is 3.28. The zero-order valence-corrected chi connectivity index (χ0v) is 16.9. The molecular formula is C23H27N3O3. The number of hydrogen-bond acceptors (Lipinski definition) is 4. The summed E-state index contributed by atoms with van der Waals surface area (Å²) in [5, 5.41) is 2.95. The van der Waals surface area contributed by atoms with Gasteiger partial charge < -0.3 is 14.6 Å². The molecule has 1 heterocycles. The van der Waals surface area contributed by atoms with Gasteiger partial charge >= 0.3 is 5.97 Å². The number of esters is 1. The minimum Gasteiger partial charge on any atom is -0.462 e. The molecule has 0 spiro atoms. The Hall–Kier alpha value is -3.15. The van der Waals surface area contributed by atoms with Crippen LogP contribution in [0.3, 0.4) is 0 Å². The van der Waals surface area contributed by atoms with Crippen LogP contribution >= 0.6 is 0 Å². The van der Waals surface area contributed by atoms with Crippen molar-refractivity contribution in [3.05, 3.63) is 66.0 Å². The number of imidazole rings is 1. The van der Waals surface area contributed by atoms with Gasteiger partial charge in [0.05, 0.1) is 23.6 Å². The normalized spacial score (nSPS) is 11.0. The first kappa shape index (κ1) is 20.6. The summed E-state index contributed by atoms with van der Waals surface area (Å²) in [6, 6.07) is 17.4. The fraction of sp³-hybridized carbons (Fsp3) is 0.348. The Morgan fingerprint density at radius 3 is 2.55 bits per heavy atom. The van der Waals surface area contributed by atoms with Crippen LogP contribution in [0.15, 0.2) is 54.6 Å². The highest BCUT2D eigenvalue weighted by molar-refractivity contribution is 5.79. The number of carbonyl (C=O) groups excluding carboxylic acids is 2. The average Bonchev–Trinajstić information content (AvgIpc) is 3.03. The van der Waals surface area contributed by atoms with Gasteiger partial charge in [0.15, 0.2) is 0 Å². The molecule has 0 fully saturated rings. The van der Waals surface area contributed by atoms with Crippen LogP contribution < -0.4 is 5.32 Å². The van der Waals surface area contributed by atoms with Crippen molar-refractivity contribution in [3.8, 4) is 0 Å². The lowest BCUT2D eigenvalue weighted by Gasteiger charge is -2.11. The number of aromatic nitrogens is 2. The molecule has 0 aliphatic carbocycles. The van der Waals surface area contributed by atoms with E-state index < -0.39 is 0 Å². The lowest BCUT2D eigenvalue weighted by atomic mass is 10.1. The number of hydrogen-bond donors (Lipinski definition) is 1. The monoisotopic (exact) mass is 393 g/mol. The van der Waals surface area contributed by atoms with Crippen LogP contribution in [0.4, 0.5) is 0 Å². The molecule has 2 aromatic carbocycles. The van der Waals surface area contributed by atoms with E-state index in [0.29, 0.717) is 19.4 Å². The Morgan fingerprint density at radius 2 is 1.79 bits per heavy atom. The van der Waals surface area contributed by atoms with Gasteiger partial charge in [0.25, 0.3) is 0 Å². The summed E-state index contributed by atoms with van der Waals surface area (Å²) in [4.78, 5) is 28.9. The molecule has 0 unspecified atom stereocenters. The second-order valence-electron chi connectivity index (χ2n) is 7.26. The van der Waals surface area contributed by atoms with E-state index in [9.17, 15) is 9.59 Å². The minimum atomic E-state index is -0.277. The van der Waals surface area contributed by atoms with Crippen molar-refractivity contribution in [2.45, 2.75) is 45.8 Å². The smallest absolute Gasteiger partial charge is 0.326 e. The second-order valence-corrected chi connectivity index (χ2v) is 7.26.